The van der Waals surface area contributed by atoms with Gasteiger partial charge in [-0.15, -0.1) is 0 Å². The smallest absolute Gasteiger partial charge is 0.302 e. The Labute approximate surface area is 204 Å². The summed E-state index contributed by atoms with van der Waals surface area (Å²) in [5, 5.41) is 0. The average Bonchev–Trinajstić information content (AvgIpc) is 3.07. The van der Waals surface area contributed by atoms with Gasteiger partial charge in [-0.25, -0.2) is 0 Å². The molecule has 8 atom stereocenters. The summed E-state index contributed by atoms with van der Waals surface area (Å²) in [6.45, 7) is 18.6. The fourth-order valence-corrected chi connectivity index (χ4v) is 9.31. The number of esters is 1. The van der Waals surface area contributed by atoms with Crippen LogP contribution in [0.25, 0.3) is 0 Å². The minimum absolute atomic E-state index is 0.0371. The lowest BCUT2D eigenvalue weighted by Gasteiger charge is -2.62. The Kier molecular flexibility index (Phi) is 6.73. The van der Waals surface area contributed by atoms with Gasteiger partial charge in [-0.05, 0) is 97.7 Å². The Hall–Kier alpha value is -1.05. The third-order valence-electron chi connectivity index (χ3n) is 11.0. The van der Waals surface area contributed by atoms with E-state index in [1.54, 1.807) is 6.92 Å². The molecule has 0 aliphatic heterocycles. The largest absolute Gasteiger partial charge is 0.462 e. The van der Waals surface area contributed by atoms with Crippen LogP contribution in [-0.4, -0.2) is 12.1 Å². The molecule has 3 saturated carbocycles. The maximum atomic E-state index is 11.8. The lowest BCUT2D eigenvalue weighted by atomic mass is 9.43. The van der Waals surface area contributed by atoms with E-state index in [4.69, 9.17) is 4.74 Å². The first-order chi connectivity index (χ1) is 15.4. The van der Waals surface area contributed by atoms with Crippen molar-refractivity contribution in [2.75, 3.05) is 0 Å². The second-order valence-corrected chi connectivity index (χ2v) is 13.7. The molecule has 4 rings (SSSR count). The summed E-state index contributed by atoms with van der Waals surface area (Å²) >= 11 is 0. The van der Waals surface area contributed by atoms with Gasteiger partial charge in [0, 0.05) is 12.3 Å². The summed E-state index contributed by atoms with van der Waals surface area (Å²) < 4.78 is 5.84. The van der Waals surface area contributed by atoms with Gasteiger partial charge >= 0.3 is 5.97 Å². The number of fused-ring (bicyclic) bond motifs is 5. The van der Waals surface area contributed by atoms with Crippen LogP contribution >= 0.6 is 0 Å². The Bertz CT molecular complexity index is 804. The molecule has 0 aromatic carbocycles. The van der Waals surface area contributed by atoms with Gasteiger partial charge in [-0.3, -0.25) is 4.79 Å². The molecule has 4 aliphatic carbocycles. The van der Waals surface area contributed by atoms with Crippen molar-refractivity contribution in [3.63, 3.8) is 0 Å². The van der Waals surface area contributed by atoms with Crippen molar-refractivity contribution in [3.8, 4) is 0 Å². The van der Waals surface area contributed by atoms with E-state index in [1.165, 1.54) is 38.5 Å². The van der Waals surface area contributed by atoms with Gasteiger partial charge in [-0.1, -0.05) is 72.3 Å². The van der Waals surface area contributed by atoms with Gasteiger partial charge < -0.3 is 4.74 Å². The first kappa shape index (κ1) is 25.1. The Morgan fingerprint density at radius 2 is 1.70 bits per heavy atom. The topological polar surface area (TPSA) is 26.3 Å². The highest BCUT2D eigenvalue weighted by molar-refractivity contribution is 5.66. The highest BCUT2D eigenvalue weighted by atomic mass is 16.5. The molecular formula is C31H50O2. The fraction of sp³-hybridized carbons (Fsp3) is 0.839. The summed E-state index contributed by atoms with van der Waals surface area (Å²) in [6.07, 6.45) is 17.8. The number of ether oxygens (including phenoxy) is 1. The molecule has 2 heteroatoms. The van der Waals surface area contributed by atoms with E-state index in [1.807, 2.05) is 5.57 Å². The highest BCUT2D eigenvalue weighted by Gasteiger charge is 2.61. The van der Waals surface area contributed by atoms with Crippen LogP contribution in [0.5, 0.6) is 0 Å². The van der Waals surface area contributed by atoms with Crippen LogP contribution < -0.4 is 0 Å². The zero-order valence-corrected chi connectivity index (χ0v) is 22.7. The molecule has 0 N–H and O–H groups in total. The molecule has 186 valence electrons. The first-order valence-electron chi connectivity index (χ1n) is 13.9. The molecule has 0 saturated heterocycles. The first-order valence-corrected chi connectivity index (χ1v) is 13.9. The van der Waals surface area contributed by atoms with E-state index < -0.39 is 0 Å². The molecule has 0 aromatic rings. The number of hydrogen-bond donors (Lipinski definition) is 0. The lowest BCUT2D eigenvalue weighted by Crippen LogP contribution is -2.57. The second kappa shape index (κ2) is 8.87. The van der Waals surface area contributed by atoms with Gasteiger partial charge in [0.1, 0.15) is 6.10 Å². The number of allylic oxidation sites excluding steroid dienone is 4. The molecule has 0 unspecified atom stereocenters. The SMILES string of the molecule is CC(=O)O[C@H]1CC[C@]2(C)[C@H]3CC[C@]4(C)[C@@H]([C@H](C)/C=C/CC(C)C)CC[C@H]4C3=CC[C@H]2C1(C)C. The Morgan fingerprint density at radius 1 is 1.03 bits per heavy atom. The van der Waals surface area contributed by atoms with Crippen LogP contribution in [0.1, 0.15) is 107 Å². The van der Waals surface area contributed by atoms with Crippen molar-refractivity contribution in [3.05, 3.63) is 23.8 Å². The molecule has 0 radical (unpaired) electrons. The molecule has 33 heavy (non-hydrogen) atoms. The molecule has 0 amide bonds. The standard InChI is InChI=1S/C31H50O2/c1-20(2)10-9-11-21(3)24-13-14-25-23-12-15-27-29(5,6)28(33-22(4)32)17-19-31(27,8)26(23)16-18-30(24,25)7/h9,11-12,20-21,24-28H,10,13-19H2,1-8H3/b11-9+/t21-,24-,25+,26+,27+,28+,30-,31-/m1/s1. The molecule has 0 heterocycles. The summed E-state index contributed by atoms with van der Waals surface area (Å²) in [7, 11) is 0. The van der Waals surface area contributed by atoms with Gasteiger partial charge in [0.05, 0.1) is 0 Å². The van der Waals surface area contributed by atoms with Crippen LogP contribution in [0.3, 0.4) is 0 Å². The predicted molar refractivity (Wildman–Crippen MR) is 138 cm³/mol. The normalized spacial score (nSPS) is 42.9. The van der Waals surface area contributed by atoms with Gasteiger partial charge in [0.15, 0.2) is 0 Å². The molecular weight excluding hydrogens is 404 g/mol. The van der Waals surface area contributed by atoms with E-state index in [9.17, 15) is 4.79 Å². The maximum absolute atomic E-state index is 11.8. The number of carbonyl (C=O) groups excluding carboxylic acids is 1. The van der Waals surface area contributed by atoms with E-state index in [0.29, 0.717) is 22.7 Å². The molecule has 4 aliphatic rings. The molecule has 0 bridgehead atoms. The highest BCUT2D eigenvalue weighted by Crippen LogP contribution is 2.68. The molecule has 0 spiro atoms. The van der Waals surface area contributed by atoms with Gasteiger partial charge in [0.25, 0.3) is 0 Å². The number of rotatable bonds is 5. The van der Waals surface area contributed by atoms with E-state index in [2.05, 4.69) is 66.7 Å². The molecule has 3 fully saturated rings. The van der Waals surface area contributed by atoms with Crippen LogP contribution in [-0.2, 0) is 9.53 Å². The average molecular weight is 455 g/mol. The van der Waals surface area contributed by atoms with E-state index in [0.717, 1.165) is 36.5 Å². The van der Waals surface area contributed by atoms with E-state index in [-0.39, 0.29) is 17.5 Å². The fourth-order valence-electron chi connectivity index (χ4n) is 9.31. The second-order valence-electron chi connectivity index (χ2n) is 13.7. The van der Waals surface area contributed by atoms with Crippen molar-refractivity contribution in [2.45, 2.75) is 113 Å². The molecule has 2 nitrogen and oxygen atoms in total. The zero-order chi connectivity index (χ0) is 24.2. The Balaban J connectivity index is 1.57. The van der Waals surface area contributed by atoms with Crippen LogP contribution in [0.2, 0.25) is 0 Å². The third kappa shape index (κ3) is 4.16. The summed E-state index contributed by atoms with van der Waals surface area (Å²) in [5.74, 6) is 4.21. The van der Waals surface area contributed by atoms with Gasteiger partial charge in [-0.2, -0.15) is 0 Å². The van der Waals surface area contributed by atoms with Crippen molar-refractivity contribution in [1.29, 1.82) is 0 Å². The predicted octanol–water partition coefficient (Wildman–Crippen LogP) is 8.37. The summed E-state index contributed by atoms with van der Waals surface area (Å²) in [6, 6.07) is 0. The summed E-state index contributed by atoms with van der Waals surface area (Å²) in [4.78, 5) is 11.8. The third-order valence-corrected chi connectivity index (χ3v) is 11.0. The van der Waals surface area contributed by atoms with Crippen LogP contribution in [0.4, 0.5) is 0 Å². The Morgan fingerprint density at radius 3 is 2.36 bits per heavy atom. The minimum atomic E-state index is -0.120. The lowest BCUT2D eigenvalue weighted by molar-refractivity contribution is -0.173. The summed E-state index contributed by atoms with van der Waals surface area (Å²) in [5.41, 5.74) is 2.66. The van der Waals surface area contributed by atoms with Gasteiger partial charge in [0.2, 0.25) is 0 Å². The van der Waals surface area contributed by atoms with Crippen LogP contribution in [0.15, 0.2) is 23.8 Å². The van der Waals surface area contributed by atoms with Crippen molar-refractivity contribution in [1.82, 2.24) is 0 Å². The maximum Gasteiger partial charge on any atom is 0.302 e. The monoisotopic (exact) mass is 454 g/mol. The number of hydrogen-bond acceptors (Lipinski definition) is 2. The zero-order valence-electron chi connectivity index (χ0n) is 22.7. The molecule has 0 aromatic heterocycles. The van der Waals surface area contributed by atoms with Crippen molar-refractivity contribution < 1.29 is 9.53 Å². The van der Waals surface area contributed by atoms with E-state index >= 15 is 0 Å². The quantitative estimate of drug-likeness (QED) is 0.308. The number of carbonyl (C=O) groups is 1. The minimum Gasteiger partial charge on any atom is -0.462 e. The van der Waals surface area contributed by atoms with Crippen LogP contribution in [0, 0.1) is 51.8 Å². The van der Waals surface area contributed by atoms with Crippen molar-refractivity contribution in [2.24, 2.45) is 51.8 Å². The van der Waals surface area contributed by atoms with Crippen molar-refractivity contribution >= 4 is 5.97 Å².